The molecule has 0 spiro atoms. The average molecular weight is 1820 g/mol. The monoisotopic (exact) mass is 1820 g/mol. The third-order valence-electron chi connectivity index (χ3n) is 16.6. The van der Waals surface area contributed by atoms with E-state index < -0.39 is 87.3 Å². The molecule has 2 aromatic carbocycles. The molecule has 0 unspecified atom stereocenters. The van der Waals surface area contributed by atoms with E-state index in [9.17, 15) is 71.4 Å². The van der Waals surface area contributed by atoms with E-state index in [0.29, 0.717) is 97.1 Å². The molecule has 650 valence electrons. The van der Waals surface area contributed by atoms with Crippen molar-refractivity contribution in [1.29, 1.82) is 0 Å². The molecule has 2 radical (unpaired) electrons. The minimum atomic E-state index is -1.59. The number of nitrogen functional groups attached to an aromatic ring is 1. The first kappa shape index (κ1) is 110. The van der Waals surface area contributed by atoms with Gasteiger partial charge in [0.2, 0.25) is 0 Å². The summed E-state index contributed by atoms with van der Waals surface area (Å²) in [6.07, 6.45) is 11.1. The Morgan fingerprint density at radius 3 is 1.02 bits per heavy atom. The third kappa shape index (κ3) is 32.5. The number of halogens is 8. The molecule has 0 bridgehead atoms. The molecule has 11 N–H and O–H groups in total. The van der Waals surface area contributed by atoms with Gasteiger partial charge in [0.1, 0.15) is 51.1 Å². The van der Waals surface area contributed by atoms with Crippen molar-refractivity contribution in [3.05, 3.63) is 147 Å². The van der Waals surface area contributed by atoms with Crippen molar-refractivity contribution in [2.45, 2.75) is 236 Å². The van der Waals surface area contributed by atoms with Crippen molar-refractivity contribution in [3.8, 4) is 0 Å². The zero-order valence-electron chi connectivity index (χ0n) is 70.1. The number of nitrogens with two attached hydrogens (primary N) is 2. The minimum absolute atomic E-state index is 0. The van der Waals surface area contributed by atoms with Crippen LogP contribution < -0.4 is 51.6 Å². The summed E-state index contributed by atoms with van der Waals surface area (Å²) in [5, 5.41) is 28.5. The maximum Gasteiger partial charge on any atom is 1.00 e. The van der Waals surface area contributed by atoms with Gasteiger partial charge in [0.15, 0.2) is 0 Å². The number of aryl methyl sites for hydroxylation is 2. The summed E-state index contributed by atoms with van der Waals surface area (Å²) in [5.41, 5.74) is 13.9. The van der Waals surface area contributed by atoms with Crippen molar-refractivity contribution < 1.29 is 119 Å². The predicted octanol–water partition coefficient (Wildman–Crippen LogP) is 12.6. The van der Waals surface area contributed by atoms with Crippen LogP contribution in [0.5, 0.6) is 0 Å². The van der Waals surface area contributed by atoms with E-state index in [1.807, 2.05) is 20.8 Å². The van der Waals surface area contributed by atoms with Gasteiger partial charge in [-0.15, -0.1) is 0 Å². The van der Waals surface area contributed by atoms with Crippen LogP contribution in [0.2, 0.25) is 20.1 Å². The van der Waals surface area contributed by atoms with Crippen LogP contribution in [0, 0.1) is 25.5 Å². The molecule has 42 heteroatoms. The fourth-order valence-electron chi connectivity index (χ4n) is 12.2. The van der Waals surface area contributed by atoms with Gasteiger partial charge in [-0.05, 0) is 235 Å². The summed E-state index contributed by atoms with van der Waals surface area (Å²) in [7, 11) is -0.222. The molecule has 120 heavy (non-hydrogen) atoms. The number of fused-ring (bicyclic) bond motifs is 4. The number of amides is 4. The van der Waals surface area contributed by atoms with Crippen LogP contribution in [0.4, 0.5) is 20.2 Å². The maximum atomic E-state index is 13.5. The van der Waals surface area contributed by atoms with Crippen molar-refractivity contribution in [3.63, 3.8) is 0 Å². The van der Waals surface area contributed by atoms with E-state index in [4.69, 9.17) is 105 Å². The summed E-state index contributed by atoms with van der Waals surface area (Å²) >= 11 is 34.5. The van der Waals surface area contributed by atoms with E-state index in [0.717, 1.165) is 64.2 Å². The molecular formula is C78H101B2Cl6F2LiN10O19P2. The van der Waals surface area contributed by atoms with Crippen LogP contribution >= 0.6 is 86.0 Å². The SMILES string of the molecule is CC(C)(C)N.CC(C)(C)NC(=O)C(=O)c1c(Cl)c(C(=O)O)c2n1CCCC2.CCOC(=O)c1c(Cl)c(C(=O)C(=O)NC(C)(C)C)n2c1CCCC2.CCOC(=O)c1c(Cl)c(C(=O)C(=O)O)n2c1CCCC2.Cc1cc(N)ccc1F.Cc1cc(NC(=O)c2c(Cl)c(C(=O)C(=O)NC(C)(C)C)n3c2CCCC3)ccc1F.O=P[B]Cl.O=P[B]Cl.[Li+].[OH-]. The number of nitrogens with zero attached hydrogens (tertiary/aromatic N) is 4. The number of benzene rings is 2. The number of carboxylic acid groups (broad SMARTS) is 2. The molecule has 0 fully saturated rings. The maximum absolute atomic E-state index is 13.5. The summed E-state index contributed by atoms with van der Waals surface area (Å²) in [4.78, 5) is 146. The Morgan fingerprint density at radius 2 is 0.758 bits per heavy atom. The topological polar surface area (TPSA) is 448 Å². The molecule has 4 aliphatic rings. The first-order valence-electron chi connectivity index (χ1n) is 37.3. The van der Waals surface area contributed by atoms with Crippen LogP contribution in [0.25, 0.3) is 0 Å². The molecule has 10 rings (SSSR count). The molecular weight excluding hydrogens is 1720 g/mol. The first-order valence-corrected chi connectivity index (χ1v) is 41.4. The Balaban J connectivity index is 0.000000737. The summed E-state index contributed by atoms with van der Waals surface area (Å²) in [5.74, 6) is -10.7. The number of nitrogens with one attached hydrogen (secondary N) is 4. The number of hydrogen-bond donors (Lipinski definition) is 8. The Kier molecular flexibility index (Phi) is 46.1. The predicted molar refractivity (Wildman–Crippen MR) is 456 cm³/mol. The fourth-order valence-corrected chi connectivity index (χ4v) is 13.7. The molecule has 0 aliphatic carbocycles. The van der Waals surface area contributed by atoms with Crippen molar-refractivity contribution >= 4 is 181 Å². The van der Waals surface area contributed by atoms with Gasteiger partial charge >= 0.3 is 55.6 Å². The molecule has 6 aromatic rings. The second-order valence-corrected chi connectivity index (χ2v) is 34.5. The molecule has 29 nitrogen and oxygen atoms in total. The number of carbonyl (C=O) groups is 12. The van der Waals surface area contributed by atoms with Gasteiger partial charge in [0.05, 0.1) is 55.6 Å². The molecule has 4 amide bonds. The van der Waals surface area contributed by atoms with Crippen LogP contribution in [0.1, 0.15) is 266 Å². The standard InChI is InChI=1S/C22H25ClFN3O3.C17H23ClN2O4.C15H19ClN2O4.C13H14ClNO5.C7H8FN.C4H11N.2BClOP.Li.H2O/c1-12-11-13(8-9-14(12)24)25-20(29)16-15-7-5-6-10-27(15)18(17(16)23)19(28)21(30)26-22(2,3)4;1-5-24-16(23)11-10-8-6-7-9-20(10)13(12(11)18)14(21)15(22)19-17(2,3)4;1-15(2,3)17-13(20)12(19)11-10(16)9(14(21)22)8-6-4-5-7-18(8)11;1-2-20-13(19)8-7-5-3-4-6-15(7)10(9(8)14)11(16)12(17)18;1-5-4-6(9)2-3-7(5)8;1-4(2,3)5;2*2-1-4-3;;/h8-9,11H,5-7,10H2,1-4H3,(H,25,29)(H,26,30);5-9H2,1-4H3,(H,19,22);4-7H2,1-3H3,(H,17,20)(H,21,22);2-6H2,1H3,(H,17,18);2-4H,9H2,1H3;5H2,1-3H3;;;;1H2/q;;;;;;;;+1;/p-1. The number of rotatable bonds is 17. The first-order chi connectivity index (χ1) is 54.8. The molecule has 0 atom stereocenters. The Labute approximate surface area is 742 Å². The van der Waals surface area contributed by atoms with Crippen molar-refractivity contribution in [2.75, 3.05) is 24.3 Å². The molecule has 8 heterocycles. The Morgan fingerprint density at radius 1 is 0.483 bits per heavy atom. The van der Waals surface area contributed by atoms with Crippen LogP contribution in [0.15, 0.2) is 36.4 Å². The van der Waals surface area contributed by atoms with Gasteiger partial charge in [-0.2, -0.15) is 22.9 Å². The normalized spacial score (nSPS) is 12.8. The molecule has 0 saturated carbocycles. The number of Topliss-reactive ketones (excluding diaryl/α,β-unsaturated/α-hetero) is 4. The van der Waals surface area contributed by atoms with E-state index in [2.05, 4.69) is 21.3 Å². The number of aromatic nitrogens is 4. The van der Waals surface area contributed by atoms with Gasteiger partial charge in [-0.1, -0.05) is 46.4 Å². The van der Waals surface area contributed by atoms with Crippen LogP contribution in [-0.2, 0) is 89.6 Å². The average Bonchev–Trinajstić information content (AvgIpc) is 1.62. The van der Waals surface area contributed by atoms with E-state index in [-0.39, 0.29) is 137 Å². The number of carbonyl (C=O) groups excluding carboxylic acids is 10. The number of ketones is 4. The minimum Gasteiger partial charge on any atom is -0.870 e. The fraction of sp³-hybridized carbons (Fsp3) is 0.487. The smallest absolute Gasteiger partial charge is 0.870 e. The van der Waals surface area contributed by atoms with Crippen LogP contribution in [0.3, 0.4) is 0 Å². The van der Waals surface area contributed by atoms with Crippen LogP contribution in [-0.4, -0.2) is 153 Å². The van der Waals surface area contributed by atoms with Crippen molar-refractivity contribution in [2.24, 2.45) is 5.73 Å². The van der Waals surface area contributed by atoms with E-state index >= 15 is 0 Å². The summed E-state index contributed by atoms with van der Waals surface area (Å²) in [6.45, 7) is 30.9. The molecule has 0 saturated heterocycles. The van der Waals surface area contributed by atoms with E-state index in [1.54, 1.807) is 116 Å². The summed E-state index contributed by atoms with van der Waals surface area (Å²) in [6, 6.07) is 8.77. The second kappa shape index (κ2) is 50.1. The van der Waals surface area contributed by atoms with Gasteiger partial charge in [-0.25, -0.2) is 28.0 Å². The van der Waals surface area contributed by atoms with Gasteiger partial charge in [0.25, 0.3) is 46.8 Å². The van der Waals surface area contributed by atoms with Crippen molar-refractivity contribution in [1.82, 2.24) is 34.2 Å². The number of ether oxygens (including phenoxy) is 2. The molecule has 4 aliphatic heterocycles. The number of carboxylic acids is 2. The number of aromatic carboxylic acids is 1. The number of aliphatic carboxylic acids is 1. The quantitative estimate of drug-likeness (QED) is 0.0105. The largest absolute Gasteiger partial charge is 1.00 e. The second-order valence-electron chi connectivity index (χ2n) is 31.1. The van der Waals surface area contributed by atoms with Gasteiger partial charge in [-0.3, -0.25) is 47.5 Å². The van der Waals surface area contributed by atoms with E-state index in [1.165, 1.54) is 28.8 Å². The zero-order valence-corrected chi connectivity index (χ0v) is 76.4. The number of anilines is 2. The number of hydrogen-bond acceptors (Lipinski definition) is 19. The number of esters is 2. The Bertz CT molecular complexity index is 4730. The third-order valence-corrected chi connectivity index (χ3v) is 18.8. The van der Waals surface area contributed by atoms with Gasteiger partial charge < -0.3 is 76.2 Å². The molecule has 4 aromatic heterocycles. The summed E-state index contributed by atoms with van der Waals surface area (Å²) < 4.78 is 60.6. The zero-order chi connectivity index (χ0) is 90.0. The Hall–Kier alpha value is -7.75. The van der Waals surface area contributed by atoms with Gasteiger partial charge in [0, 0.05) is 82.5 Å².